The van der Waals surface area contributed by atoms with E-state index in [1.165, 1.54) is 15.8 Å². The molecule has 3 unspecified atom stereocenters. The zero-order valence-electron chi connectivity index (χ0n) is 33.5. The molecule has 59 heavy (non-hydrogen) atoms. The monoisotopic (exact) mass is 902 g/mol. The normalized spacial score (nSPS) is 21.0. The van der Waals surface area contributed by atoms with E-state index in [0.29, 0.717) is 79.5 Å². The molecule has 0 aliphatic carbocycles. The van der Waals surface area contributed by atoms with Crippen LogP contribution >= 0.6 is 37.2 Å². The van der Waals surface area contributed by atoms with Gasteiger partial charge in [0.05, 0.1) is 42.9 Å². The summed E-state index contributed by atoms with van der Waals surface area (Å²) in [5.74, 6) is 6.90. The molecule has 8 N–H and O–H groups in total. The number of hydrogen-bond acceptors (Lipinski definition) is 15. The van der Waals surface area contributed by atoms with Crippen molar-refractivity contribution in [3.05, 3.63) is 65.2 Å². The van der Waals surface area contributed by atoms with Gasteiger partial charge in [0.1, 0.15) is 12.2 Å². The lowest BCUT2D eigenvalue weighted by atomic mass is 9.95. The number of phosphoric acid groups is 2. The fraction of sp³-hybridized carbons (Fsp3) is 0.541. The van der Waals surface area contributed by atoms with E-state index in [2.05, 4.69) is 15.2 Å². The van der Waals surface area contributed by atoms with Crippen molar-refractivity contribution in [2.45, 2.75) is 76.7 Å². The van der Waals surface area contributed by atoms with E-state index in [-0.39, 0.29) is 56.3 Å². The first-order valence-electron chi connectivity index (χ1n) is 19.2. The van der Waals surface area contributed by atoms with Crippen LogP contribution in [0, 0.1) is 0 Å². The quantitative estimate of drug-likeness (QED) is 0.0278. The zero-order valence-corrected chi connectivity index (χ0v) is 36.9. The zero-order chi connectivity index (χ0) is 43.0. The van der Waals surface area contributed by atoms with Crippen LogP contribution in [0.3, 0.4) is 0 Å². The number of phosphoric ester groups is 2. The number of carbonyl (C=O) groups is 3. The van der Waals surface area contributed by atoms with Crippen LogP contribution in [0.5, 0.6) is 0 Å². The molecule has 2 aromatic rings. The third-order valence-corrected chi connectivity index (χ3v) is 13.6. The van der Waals surface area contributed by atoms with Crippen LogP contribution in [0.1, 0.15) is 68.6 Å². The molecule has 0 saturated carbocycles. The minimum Gasteiger partial charge on any atom is -0.396 e. The maximum Gasteiger partial charge on any atom is 0.472 e. The second-order valence-corrected chi connectivity index (χ2v) is 19.5. The van der Waals surface area contributed by atoms with E-state index in [1.54, 1.807) is 29.7 Å². The molecule has 0 radical (unpaired) electrons. The predicted octanol–water partition coefficient (Wildman–Crippen LogP) is 4.52. The SMILES string of the molecule is COP(=O)(O)OC1C[C@H](C)O[C@@H]1COP(=O)(O)OCCCCCNC(=O)CCSSCCNC(=O)CCC(=O)N1Cc2ccccc2/C(N(C)N)=C(/N)c2ccccc21. The van der Waals surface area contributed by atoms with Crippen molar-refractivity contribution in [1.29, 1.82) is 0 Å². The molecule has 2 aromatic carbocycles. The Labute approximate surface area is 353 Å². The van der Waals surface area contributed by atoms with Crippen LogP contribution in [-0.4, -0.2) is 103 Å². The first-order valence-corrected chi connectivity index (χ1v) is 24.7. The Balaban J connectivity index is 1.03. The highest BCUT2D eigenvalue weighted by Crippen LogP contribution is 2.48. The van der Waals surface area contributed by atoms with Gasteiger partial charge in [-0.2, -0.15) is 0 Å². The molecule has 2 aliphatic rings. The maximum atomic E-state index is 13.6. The van der Waals surface area contributed by atoms with Gasteiger partial charge in [-0.25, -0.2) is 15.0 Å². The lowest BCUT2D eigenvalue weighted by Crippen LogP contribution is -2.35. The smallest absolute Gasteiger partial charge is 0.396 e. The van der Waals surface area contributed by atoms with Gasteiger partial charge >= 0.3 is 15.6 Å². The van der Waals surface area contributed by atoms with Crippen molar-refractivity contribution in [2.75, 3.05) is 56.9 Å². The summed E-state index contributed by atoms with van der Waals surface area (Å²) < 4.78 is 49.1. The number of nitrogens with zero attached hydrogens (tertiary/aromatic N) is 2. The number of ether oxygens (including phenoxy) is 1. The maximum absolute atomic E-state index is 13.6. The number of anilines is 1. The fourth-order valence-electron chi connectivity index (χ4n) is 6.38. The topological polar surface area (TPSA) is 255 Å². The molecule has 0 aromatic heterocycles. The lowest BCUT2D eigenvalue weighted by Gasteiger charge is -2.31. The van der Waals surface area contributed by atoms with Crippen molar-refractivity contribution in [1.82, 2.24) is 15.6 Å². The first kappa shape index (κ1) is 48.7. The molecular formula is C37H56N6O12P2S2. The Kier molecular flexibility index (Phi) is 19.7. The summed E-state index contributed by atoms with van der Waals surface area (Å²) in [5.41, 5.74) is 10.8. The number of amides is 3. The van der Waals surface area contributed by atoms with Crippen molar-refractivity contribution in [3.63, 3.8) is 0 Å². The van der Waals surface area contributed by atoms with Crippen LogP contribution in [0.2, 0.25) is 0 Å². The number of hydrogen-bond donors (Lipinski definition) is 6. The molecular weight excluding hydrogens is 847 g/mol. The van der Waals surface area contributed by atoms with E-state index in [9.17, 15) is 33.3 Å². The summed E-state index contributed by atoms with van der Waals surface area (Å²) in [4.78, 5) is 59.7. The highest BCUT2D eigenvalue weighted by Gasteiger charge is 2.40. The van der Waals surface area contributed by atoms with Gasteiger partial charge in [-0.05, 0) is 37.8 Å². The number of rotatable bonds is 24. The van der Waals surface area contributed by atoms with Crippen LogP contribution in [0.25, 0.3) is 11.4 Å². The standard InChI is InChI=1S/C37H56N6O12P2S2/c1-26-23-31(55-56(47,48)51-3)32(54-26)25-53-57(49,50)52-20-10-4-9-18-40-34(45)17-21-58-59-22-19-41-33(44)15-16-35(46)43-24-27-11-5-6-12-28(27)37(42(2)39)36(38)29-13-7-8-14-30(29)43/h5-8,11-14,26,31-32H,4,9-10,15-25,38-39H2,1-3H3,(H,40,45)(H,41,44)(H,47,48)(H,49,50)/b37-36-/t26-,31?,32+/m0/s1. The van der Waals surface area contributed by atoms with Gasteiger partial charge in [-0.1, -0.05) is 64.1 Å². The minimum absolute atomic E-state index is 0.0173. The largest absolute Gasteiger partial charge is 0.472 e. The number of hydrazine groups is 1. The number of nitrogens with two attached hydrogens (primary N) is 2. The fourth-order valence-corrected chi connectivity index (χ4v) is 9.70. The van der Waals surface area contributed by atoms with Gasteiger partial charge in [-0.15, -0.1) is 0 Å². The summed E-state index contributed by atoms with van der Waals surface area (Å²) in [6, 6.07) is 15.0. The highest BCUT2D eigenvalue weighted by atomic mass is 33.1. The average Bonchev–Trinajstić information content (AvgIpc) is 3.54. The van der Waals surface area contributed by atoms with Crippen molar-refractivity contribution in [3.8, 4) is 0 Å². The van der Waals surface area contributed by atoms with Crippen molar-refractivity contribution in [2.24, 2.45) is 11.6 Å². The number of nitrogens with one attached hydrogen (secondary N) is 2. The van der Waals surface area contributed by atoms with E-state index >= 15 is 0 Å². The Hall–Kier alpha value is -2.97. The van der Waals surface area contributed by atoms with Crippen LogP contribution in [0.15, 0.2) is 48.5 Å². The molecule has 2 aliphatic heterocycles. The number of benzene rings is 2. The van der Waals surface area contributed by atoms with E-state index in [4.69, 9.17) is 29.9 Å². The molecule has 22 heteroatoms. The molecule has 0 bridgehead atoms. The number of unbranched alkanes of at least 4 members (excludes halogenated alkanes) is 2. The van der Waals surface area contributed by atoms with E-state index < -0.39 is 27.9 Å². The second-order valence-electron chi connectivity index (χ2n) is 13.8. The van der Waals surface area contributed by atoms with Gasteiger partial charge in [0.2, 0.25) is 17.7 Å². The average molecular weight is 903 g/mol. The molecule has 0 spiro atoms. The molecule has 3 amide bonds. The summed E-state index contributed by atoms with van der Waals surface area (Å²) in [6.07, 6.45) is 0.348. The van der Waals surface area contributed by atoms with Crippen molar-refractivity contribution >= 4 is 72.0 Å². The van der Waals surface area contributed by atoms with Gasteiger partial charge < -0.3 is 40.8 Å². The summed E-state index contributed by atoms with van der Waals surface area (Å²) >= 11 is 0. The van der Waals surface area contributed by atoms with Crippen LogP contribution in [0.4, 0.5) is 5.69 Å². The summed E-state index contributed by atoms with van der Waals surface area (Å²) in [5, 5.41) is 7.20. The van der Waals surface area contributed by atoms with E-state index in [0.717, 1.165) is 18.2 Å². The highest BCUT2D eigenvalue weighted by molar-refractivity contribution is 8.76. The molecule has 5 atom stereocenters. The Morgan fingerprint density at radius 3 is 2.34 bits per heavy atom. The third kappa shape index (κ3) is 15.8. The van der Waals surface area contributed by atoms with Gasteiger partial charge in [0, 0.05) is 75.6 Å². The Morgan fingerprint density at radius 1 is 0.915 bits per heavy atom. The van der Waals surface area contributed by atoms with Gasteiger partial charge in [-0.3, -0.25) is 32.5 Å². The molecule has 1 saturated heterocycles. The van der Waals surface area contributed by atoms with Gasteiger partial charge in [0.15, 0.2) is 0 Å². The van der Waals surface area contributed by atoms with E-state index in [1.807, 2.05) is 48.5 Å². The number of carbonyl (C=O) groups excluding carboxylic acids is 3. The number of para-hydroxylation sites is 1. The Morgan fingerprint density at radius 2 is 1.59 bits per heavy atom. The predicted molar refractivity (Wildman–Crippen MR) is 228 cm³/mol. The molecule has 4 rings (SSSR count). The van der Waals surface area contributed by atoms with Crippen molar-refractivity contribution < 1.29 is 56.1 Å². The number of fused-ring (bicyclic) bond motifs is 2. The molecule has 1 fully saturated rings. The minimum atomic E-state index is -4.40. The second kappa shape index (κ2) is 23.9. The summed E-state index contributed by atoms with van der Waals surface area (Å²) in [7, 11) is -2.85. The van der Waals surface area contributed by atoms with Gasteiger partial charge in [0.25, 0.3) is 0 Å². The van der Waals surface area contributed by atoms with Crippen LogP contribution < -0.4 is 27.1 Å². The molecule has 328 valence electrons. The van der Waals surface area contributed by atoms with Crippen LogP contribution in [-0.2, 0) is 52.9 Å². The third-order valence-electron chi connectivity index (χ3n) is 9.25. The molecule has 2 heterocycles. The lowest BCUT2D eigenvalue weighted by molar-refractivity contribution is -0.125. The Bertz CT molecular complexity index is 1860. The molecule has 18 nitrogen and oxygen atoms in total. The first-order chi connectivity index (χ1) is 28.1. The summed E-state index contributed by atoms with van der Waals surface area (Å²) in [6.45, 7) is 2.46.